The number of aliphatic hydroxyl groups is 2. The first kappa shape index (κ1) is 11.2. The lowest BCUT2D eigenvalue weighted by Crippen LogP contribution is -1.97. The Bertz CT molecular complexity index is 233. The molecule has 2 N–H and O–H groups in total. The van der Waals surface area contributed by atoms with E-state index in [9.17, 15) is 5.11 Å². The Morgan fingerprint density at radius 2 is 1.71 bits per heavy atom. The molecule has 0 fully saturated rings. The van der Waals surface area contributed by atoms with E-state index in [-0.39, 0.29) is 12.7 Å². The van der Waals surface area contributed by atoms with Gasteiger partial charge >= 0.3 is 0 Å². The van der Waals surface area contributed by atoms with Crippen molar-refractivity contribution in [3.8, 4) is 0 Å². The molecule has 14 heavy (non-hydrogen) atoms. The van der Waals surface area contributed by atoms with E-state index in [0.717, 1.165) is 31.2 Å². The van der Waals surface area contributed by atoms with Crippen molar-refractivity contribution in [3.05, 3.63) is 35.9 Å². The molecule has 0 spiro atoms. The van der Waals surface area contributed by atoms with Crippen LogP contribution in [0.2, 0.25) is 0 Å². The maximum atomic E-state index is 9.76. The second-order valence-electron chi connectivity index (χ2n) is 3.50. The summed E-state index contributed by atoms with van der Waals surface area (Å²) >= 11 is 0. The van der Waals surface area contributed by atoms with Gasteiger partial charge in [-0.05, 0) is 18.4 Å². The molecule has 1 unspecified atom stereocenters. The summed E-state index contributed by atoms with van der Waals surface area (Å²) in [5.41, 5.74) is 0.983. The topological polar surface area (TPSA) is 40.5 Å². The lowest BCUT2D eigenvalue weighted by molar-refractivity contribution is 0.162. The van der Waals surface area contributed by atoms with E-state index >= 15 is 0 Å². The summed E-state index contributed by atoms with van der Waals surface area (Å²) in [6.07, 6.45) is 3.22. The van der Waals surface area contributed by atoms with Crippen LogP contribution in [-0.4, -0.2) is 16.8 Å². The largest absolute Gasteiger partial charge is 0.396 e. The van der Waals surface area contributed by atoms with E-state index in [1.54, 1.807) is 0 Å². The van der Waals surface area contributed by atoms with Crippen LogP contribution in [0.15, 0.2) is 30.3 Å². The first-order valence-corrected chi connectivity index (χ1v) is 5.18. The fourth-order valence-electron chi connectivity index (χ4n) is 1.47. The van der Waals surface area contributed by atoms with E-state index in [1.165, 1.54) is 0 Å². The Morgan fingerprint density at radius 1 is 1.00 bits per heavy atom. The molecule has 0 saturated heterocycles. The standard InChI is InChI=1S/C12H18O2/c13-10-6-2-5-9-12(14)11-7-3-1-4-8-11/h1,3-4,7-8,12-14H,2,5-6,9-10H2. The van der Waals surface area contributed by atoms with Crippen LogP contribution >= 0.6 is 0 Å². The van der Waals surface area contributed by atoms with E-state index in [4.69, 9.17) is 5.11 Å². The summed E-state index contributed by atoms with van der Waals surface area (Å²) in [7, 11) is 0. The minimum absolute atomic E-state index is 0.251. The molecule has 0 aromatic heterocycles. The summed E-state index contributed by atoms with van der Waals surface area (Å²) < 4.78 is 0. The van der Waals surface area contributed by atoms with Crippen molar-refractivity contribution in [3.63, 3.8) is 0 Å². The highest BCUT2D eigenvalue weighted by atomic mass is 16.3. The lowest BCUT2D eigenvalue weighted by atomic mass is 10.0. The molecule has 2 nitrogen and oxygen atoms in total. The number of unbranched alkanes of at least 4 members (excludes halogenated alkanes) is 2. The van der Waals surface area contributed by atoms with Crippen LogP contribution < -0.4 is 0 Å². The summed E-state index contributed by atoms with van der Waals surface area (Å²) in [6, 6.07) is 9.70. The number of rotatable bonds is 6. The van der Waals surface area contributed by atoms with Crippen LogP contribution in [0.5, 0.6) is 0 Å². The van der Waals surface area contributed by atoms with Crippen LogP contribution in [0.3, 0.4) is 0 Å². The maximum Gasteiger partial charge on any atom is 0.0790 e. The van der Waals surface area contributed by atoms with Crippen LogP contribution in [-0.2, 0) is 0 Å². The third-order valence-electron chi connectivity index (χ3n) is 2.32. The molecule has 0 aliphatic heterocycles. The molecule has 0 amide bonds. The van der Waals surface area contributed by atoms with Gasteiger partial charge in [-0.25, -0.2) is 0 Å². The molecule has 0 heterocycles. The molecule has 78 valence electrons. The van der Waals surface area contributed by atoms with Crippen LogP contribution in [0.1, 0.15) is 37.4 Å². The Balaban J connectivity index is 2.25. The molecule has 0 aliphatic carbocycles. The highest BCUT2D eigenvalue weighted by Crippen LogP contribution is 2.18. The molecule has 0 saturated carbocycles. The monoisotopic (exact) mass is 194 g/mol. The summed E-state index contributed by atoms with van der Waals surface area (Å²) in [5.74, 6) is 0. The predicted molar refractivity (Wildman–Crippen MR) is 57.0 cm³/mol. The number of aliphatic hydroxyl groups excluding tert-OH is 2. The molecule has 1 rings (SSSR count). The van der Waals surface area contributed by atoms with E-state index in [2.05, 4.69) is 0 Å². The lowest BCUT2D eigenvalue weighted by Gasteiger charge is -2.09. The predicted octanol–water partition coefficient (Wildman–Crippen LogP) is 2.27. The molecule has 2 heteroatoms. The minimum Gasteiger partial charge on any atom is -0.396 e. The zero-order valence-electron chi connectivity index (χ0n) is 8.39. The second kappa shape index (κ2) is 6.57. The van der Waals surface area contributed by atoms with E-state index in [0.29, 0.717) is 0 Å². The van der Waals surface area contributed by atoms with Crippen molar-refractivity contribution in [1.82, 2.24) is 0 Å². The first-order chi connectivity index (χ1) is 6.84. The minimum atomic E-state index is -0.352. The third-order valence-corrected chi connectivity index (χ3v) is 2.32. The van der Waals surface area contributed by atoms with Gasteiger partial charge in [0.1, 0.15) is 0 Å². The first-order valence-electron chi connectivity index (χ1n) is 5.18. The van der Waals surface area contributed by atoms with Gasteiger partial charge in [0.2, 0.25) is 0 Å². The van der Waals surface area contributed by atoms with Gasteiger partial charge < -0.3 is 10.2 Å². The average Bonchev–Trinajstić information content (AvgIpc) is 2.25. The molecular formula is C12H18O2. The molecule has 0 aliphatic rings. The number of hydrogen-bond acceptors (Lipinski definition) is 2. The summed E-state index contributed by atoms with van der Waals surface area (Å²) in [5, 5.41) is 18.3. The molecule has 0 radical (unpaired) electrons. The van der Waals surface area contributed by atoms with Gasteiger partial charge in [-0.1, -0.05) is 43.2 Å². The molecule has 1 atom stereocenters. The van der Waals surface area contributed by atoms with Crippen molar-refractivity contribution < 1.29 is 10.2 Å². The average molecular weight is 194 g/mol. The molecule has 0 bridgehead atoms. The van der Waals surface area contributed by atoms with Gasteiger partial charge in [0.05, 0.1) is 6.10 Å². The van der Waals surface area contributed by atoms with Gasteiger partial charge in [0, 0.05) is 6.61 Å². The zero-order valence-corrected chi connectivity index (χ0v) is 8.39. The number of hydrogen-bond donors (Lipinski definition) is 2. The van der Waals surface area contributed by atoms with Gasteiger partial charge in [-0.2, -0.15) is 0 Å². The number of benzene rings is 1. The normalized spacial score (nSPS) is 12.7. The van der Waals surface area contributed by atoms with Gasteiger partial charge in [0.15, 0.2) is 0 Å². The molecular weight excluding hydrogens is 176 g/mol. The van der Waals surface area contributed by atoms with Crippen LogP contribution in [0, 0.1) is 0 Å². The second-order valence-corrected chi connectivity index (χ2v) is 3.50. The Hall–Kier alpha value is -0.860. The maximum absolute atomic E-state index is 9.76. The smallest absolute Gasteiger partial charge is 0.0790 e. The fraction of sp³-hybridized carbons (Fsp3) is 0.500. The fourth-order valence-corrected chi connectivity index (χ4v) is 1.47. The van der Waals surface area contributed by atoms with Gasteiger partial charge in [-0.3, -0.25) is 0 Å². The molecule has 1 aromatic carbocycles. The van der Waals surface area contributed by atoms with Crippen LogP contribution in [0.25, 0.3) is 0 Å². The quantitative estimate of drug-likeness (QED) is 0.682. The van der Waals surface area contributed by atoms with Crippen molar-refractivity contribution in [2.75, 3.05) is 6.61 Å². The van der Waals surface area contributed by atoms with Gasteiger partial charge in [-0.15, -0.1) is 0 Å². The highest BCUT2D eigenvalue weighted by Gasteiger charge is 2.05. The van der Waals surface area contributed by atoms with Crippen molar-refractivity contribution >= 4 is 0 Å². The van der Waals surface area contributed by atoms with Crippen LogP contribution in [0.4, 0.5) is 0 Å². The Labute approximate surface area is 85.2 Å². The highest BCUT2D eigenvalue weighted by molar-refractivity contribution is 5.16. The van der Waals surface area contributed by atoms with Crippen molar-refractivity contribution in [2.45, 2.75) is 31.8 Å². The zero-order chi connectivity index (χ0) is 10.2. The van der Waals surface area contributed by atoms with E-state index in [1.807, 2.05) is 30.3 Å². The Morgan fingerprint density at radius 3 is 2.36 bits per heavy atom. The van der Waals surface area contributed by atoms with Crippen molar-refractivity contribution in [1.29, 1.82) is 0 Å². The van der Waals surface area contributed by atoms with Crippen molar-refractivity contribution in [2.24, 2.45) is 0 Å². The Kier molecular flexibility index (Phi) is 5.27. The third kappa shape index (κ3) is 3.90. The summed E-state index contributed by atoms with van der Waals surface area (Å²) in [4.78, 5) is 0. The van der Waals surface area contributed by atoms with E-state index < -0.39 is 0 Å². The molecule has 1 aromatic rings. The summed E-state index contributed by atoms with van der Waals surface area (Å²) in [6.45, 7) is 0.251. The van der Waals surface area contributed by atoms with Gasteiger partial charge in [0.25, 0.3) is 0 Å². The SMILES string of the molecule is OCCCCCC(O)c1ccccc1.